The first-order valence-corrected chi connectivity index (χ1v) is 5.71. The van der Waals surface area contributed by atoms with Gasteiger partial charge >= 0.3 is 5.97 Å². The van der Waals surface area contributed by atoms with E-state index in [1.54, 1.807) is 26.0 Å². The van der Waals surface area contributed by atoms with Crippen LogP contribution in [-0.4, -0.2) is 28.1 Å². The van der Waals surface area contributed by atoms with Crippen LogP contribution in [-0.2, 0) is 16.0 Å². The van der Waals surface area contributed by atoms with Crippen LogP contribution in [0.5, 0.6) is 5.75 Å². The van der Waals surface area contributed by atoms with Crippen LogP contribution < -0.4 is 5.32 Å². The number of amides is 1. The molecule has 98 valence electrons. The van der Waals surface area contributed by atoms with Gasteiger partial charge in [0, 0.05) is 12.3 Å². The highest BCUT2D eigenvalue weighted by atomic mass is 16.4. The lowest BCUT2D eigenvalue weighted by atomic mass is 10.0. The summed E-state index contributed by atoms with van der Waals surface area (Å²) in [6.45, 7) is 3.41. The molecule has 0 aromatic heterocycles. The summed E-state index contributed by atoms with van der Waals surface area (Å²) in [5.74, 6) is -1.50. The summed E-state index contributed by atoms with van der Waals surface area (Å²) in [4.78, 5) is 22.6. The number of aromatic hydroxyl groups is 1. The normalized spacial score (nSPS) is 12.2. The fourth-order valence-electron chi connectivity index (χ4n) is 1.41. The Hall–Kier alpha value is -2.04. The first kappa shape index (κ1) is 14.0. The van der Waals surface area contributed by atoms with Gasteiger partial charge in [-0.3, -0.25) is 4.79 Å². The van der Waals surface area contributed by atoms with Gasteiger partial charge in [0.25, 0.3) is 0 Å². The third-order valence-electron chi connectivity index (χ3n) is 2.52. The molecule has 1 amide bonds. The van der Waals surface area contributed by atoms with Crippen LogP contribution in [0.2, 0.25) is 0 Å². The summed E-state index contributed by atoms with van der Waals surface area (Å²) in [7, 11) is 0. The molecule has 0 saturated carbocycles. The van der Waals surface area contributed by atoms with Crippen LogP contribution in [0.25, 0.3) is 0 Å². The van der Waals surface area contributed by atoms with Crippen molar-refractivity contribution in [3.8, 4) is 5.75 Å². The Balaban J connectivity index is 2.72. The lowest BCUT2D eigenvalue weighted by molar-refractivity contribution is -0.142. The molecule has 0 saturated heterocycles. The Morgan fingerprint density at radius 2 is 1.78 bits per heavy atom. The molecule has 0 aliphatic heterocycles. The Labute approximate surface area is 105 Å². The summed E-state index contributed by atoms with van der Waals surface area (Å²) < 4.78 is 0. The number of phenolic OH excluding ortho intramolecular Hbond substituents is 1. The lowest BCUT2D eigenvalue weighted by Crippen LogP contribution is -2.44. The quantitative estimate of drug-likeness (QED) is 0.733. The molecular formula is C13H17NO4. The van der Waals surface area contributed by atoms with E-state index >= 15 is 0 Å². The van der Waals surface area contributed by atoms with Gasteiger partial charge in [-0.1, -0.05) is 26.0 Å². The number of carboxylic acids is 1. The summed E-state index contributed by atoms with van der Waals surface area (Å²) >= 11 is 0. The third kappa shape index (κ3) is 4.08. The second-order valence-electron chi connectivity index (χ2n) is 4.42. The van der Waals surface area contributed by atoms with Gasteiger partial charge in [0.05, 0.1) is 0 Å². The average molecular weight is 251 g/mol. The number of hydrogen-bond donors (Lipinski definition) is 3. The fraction of sp³-hybridized carbons (Fsp3) is 0.385. The standard InChI is InChI=1S/C13H17NO4/c1-8(2)12(16)14-11(13(17)18)7-9-3-5-10(15)6-4-9/h3-6,8,11,15H,7H2,1-2H3,(H,14,16)(H,17,18). The second-order valence-corrected chi connectivity index (χ2v) is 4.42. The molecule has 18 heavy (non-hydrogen) atoms. The number of nitrogens with one attached hydrogen (secondary N) is 1. The summed E-state index contributed by atoms with van der Waals surface area (Å²) in [6.07, 6.45) is 0.189. The predicted octanol–water partition coefficient (Wildman–Crippen LogP) is 1.16. The minimum Gasteiger partial charge on any atom is -0.508 e. The average Bonchev–Trinajstić information content (AvgIpc) is 2.30. The van der Waals surface area contributed by atoms with Crippen LogP contribution in [0.3, 0.4) is 0 Å². The Morgan fingerprint density at radius 1 is 1.22 bits per heavy atom. The molecule has 0 bridgehead atoms. The van der Waals surface area contributed by atoms with Gasteiger partial charge in [-0.05, 0) is 17.7 Å². The van der Waals surface area contributed by atoms with Crippen molar-refractivity contribution in [1.82, 2.24) is 5.32 Å². The van der Waals surface area contributed by atoms with Crippen molar-refractivity contribution in [2.24, 2.45) is 5.92 Å². The van der Waals surface area contributed by atoms with E-state index in [1.807, 2.05) is 0 Å². The molecule has 0 radical (unpaired) electrons. The maximum Gasteiger partial charge on any atom is 0.326 e. The molecular weight excluding hydrogens is 234 g/mol. The topological polar surface area (TPSA) is 86.6 Å². The number of carbonyl (C=O) groups excluding carboxylic acids is 1. The highest BCUT2D eigenvalue weighted by Crippen LogP contribution is 2.11. The summed E-state index contributed by atoms with van der Waals surface area (Å²) in [6, 6.07) is 5.28. The van der Waals surface area contributed by atoms with Gasteiger partial charge < -0.3 is 15.5 Å². The Morgan fingerprint density at radius 3 is 2.22 bits per heavy atom. The lowest BCUT2D eigenvalue weighted by Gasteiger charge is -2.16. The highest BCUT2D eigenvalue weighted by Gasteiger charge is 2.21. The monoisotopic (exact) mass is 251 g/mol. The van der Waals surface area contributed by atoms with E-state index in [0.717, 1.165) is 5.56 Å². The number of phenols is 1. The molecule has 1 unspecified atom stereocenters. The first-order valence-electron chi connectivity index (χ1n) is 5.71. The molecule has 0 aliphatic carbocycles. The molecule has 0 fully saturated rings. The van der Waals surface area contributed by atoms with Crippen LogP contribution in [0, 0.1) is 5.92 Å². The van der Waals surface area contributed by atoms with E-state index < -0.39 is 12.0 Å². The largest absolute Gasteiger partial charge is 0.508 e. The molecule has 0 heterocycles. The van der Waals surface area contributed by atoms with Gasteiger partial charge in [-0.15, -0.1) is 0 Å². The maximum atomic E-state index is 11.5. The molecule has 5 nitrogen and oxygen atoms in total. The molecule has 0 aliphatic rings. The van der Waals surface area contributed by atoms with Gasteiger partial charge in [0.2, 0.25) is 5.91 Å². The third-order valence-corrected chi connectivity index (χ3v) is 2.52. The zero-order valence-corrected chi connectivity index (χ0v) is 10.4. The molecule has 1 aromatic rings. The highest BCUT2D eigenvalue weighted by molar-refractivity contribution is 5.84. The summed E-state index contributed by atoms with van der Waals surface area (Å²) in [5, 5.41) is 20.7. The number of carboxylic acid groups (broad SMARTS) is 1. The van der Waals surface area contributed by atoms with E-state index in [-0.39, 0.29) is 24.0 Å². The van der Waals surface area contributed by atoms with Crippen molar-refractivity contribution < 1.29 is 19.8 Å². The van der Waals surface area contributed by atoms with E-state index in [2.05, 4.69) is 5.32 Å². The molecule has 1 atom stereocenters. The summed E-state index contributed by atoms with van der Waals surface area (Å²) in [5.41, 5.74) is 0.740. The molecule has 1 rings (SSSR count). The minimum atomic E-state index is -1.07. The van der Waals surface area contributed by atoms with Crippen molar-refractivity contribution in [3.05, 3.63) is 29.8 Å². The molecule has 1 aromatic carbocycles. The second kappa shape index (κ2) is 6.05. The SMILES string of the molecule is CC(C)C(=O)NC(Cc1ccc(O)cc1)C(=O)O. The van der Waals surface area contributed by atoms with Gasteiger partial charge in [0.15, 0.2) is 0 Å². The van der Waals surface area contributed by atoms with E-state index in [4.69, 9.17) is 10.2 Å². The Bertz CT molecular complexity index is 425. The molecule has 5 heteroatoms. The fourth-order valence-corrected chi connectivity index (χ4v) is 1.41. The van der Waals surface area contributed by atoms with Crippen LogP contribution in [0.15, 0.2) is 24.3 Å². The number of rotatable bonds is 5. The zero-order chi connectivity index (χ0) is 13.7. The minimum absolute atomic E-state index is 0.122. The van der Waals surface area contributed by atoms with Crippen LogP contribution in [0.4, 0.5) is 0 Å². The molecule has 0 spiro atoms. The number of aliphatic carboxylic acids is 1. The maximum absolute atomic E-state index is 11.5. The van der Waals surface area contributed by atoms with Gasteiger partial charge in [-0.25, -0.2) is 4.79 Å². The van der Waals surface area contributed by atoms with Crippen molar-refractivity contribution in [1.29, 1.82) is 0 Å². The van der Waals surface area contributed by atoms with Gasteiger partial charge in [-0.2, -0.15) is 0 Å². The first-order chi connectivity index (χ1) is 8.40. The van der Waals surface area contributed by atoms with Crippen molar-refractivity contribution >= 4 is 11.9 Å². The van der Waals surface area contributed by atoms with Gasteiger partial charge in [0.1, 0.15) is 11.8 Å². The number of carbonyl (C=O) groups is 2. The van der Waals surface area contributed by atoms with Crippen molar-refractivity contribution in [2.75, 3.05) is 0 Å². The Kier molecular flexibility index (Phi) is 4.71. The zero-order valence-electron chi connectivity index (χ0n) is 10.4. The van der Waals surface area contributed by atoms with Crippen molar-refractivity contribution in [2.45, 2.75) is 26.3 Å². The smallest absolute Gasteiger partial charge is 0.326 e. The van der Waals surface area contributed by atoms with E-state index in [9.17, 15) is 9.59 Å². The van der Waals surface area contributed by atoms with E-state index in [0.29, 0.717) is 0 Å². The van der Waals surface area contributed by atoms with Crippen LogP contribution in [0.1, 0.15) is 19.4 Å². The number of benzene rings is 1. The van der Waals surface area contributed by atoms with Crippen LogP contribution >= 0.6 is 0 Å². The molecule has 3 N–H and O–H groups in total. The predicted molar refractivity (Wildman–Crippen MR) is 66.2 cm³/mol. The van der Waals surface area contributed by atoms with E-state index in [1.165, 1.54) is 12.1 Å². The van der Waals surface area contributed by atoms with Crippen molar-refractivity contribution in [3.63, 3.8) is 0 Å². The number of hydrogen-bond acceptors (Lipinski definition) is 3.